The smallest absolute Gasteiger partial charge is 0.305 e. The third kappa shape index (κ3) is 10.4. The summed E-state index contributed by atoms with van der Waals surface area (Å²) in [6, 6.07) is 15.2. The summed E-state index contributed by atoms with van der Waals surface area (Å²) in [7, 11) is 0. The van der Waals surface area contributed by atoms with Gasteiger partial charge in [0.1, 0.15) is 18.1 Å². The zero-order chi connectivity index (χ0) is 30.9. The second-order valence-electron chi connectivity index (χ2n) is 10.6. The number of carbonyl (C=O) groups is 3. The van der Waals surface area contributed by atoms with E-state index < -0.39 is 0 Å². The lowest BCUT2D eigenvalue weighted by molar-refractivity contribution is -0.143. The SMILES string of the molecule is CCCCCCC(=O)OCCN=C1C(=NN)c2ccccc2N(C(=O)CCCC(=O)CCOCCC)Cc2ccccc21. The molecule has 0 unspecified atom stereocenters. The molecule has 0 aromatic heterocycles. The van der Waals surface area contributed by atoms with Gasteiger partial charge in [0.05, 0.1) is 31.1 Å². The molecule has 0 spiro atoms. The molecule has 0 atom stereocenters. The molecule has 9 nitrogen and oxygen atoms in total. The molecule has 1 aliphatic heterocycles. The first kappa shape index (κ1) is 33.6. The number of nitrogens with zero attached hydrogens (tertiary/aromatic N) is 3. The Kier molecular flexibility index (Phi) is 14.6. The number of Topliss-reactive ketones (excluding diaryl/α,β-unsaturated/α-hetero) is 1. The standard InChI is InChI=1S/C34H46N4O5/c1-3-5-6-7-19-32(41)43-24-21-36-33-28-15-9-8-13-26(28)25-38(30-17-11-10-16-29(30)34(33)37-35)31(40)18-12-14-27(39)20-23-42-22-4-2/h8-11,13,15-17H,3-7,12,14,18-25,35H2,1-2H3. The summed E-state index contributed by atoms with van der Waals surface area (Å²) in [5.74, 6) is 5.78. The summed E-state index contributed by atoms with van der Waals surface area (Å²) < 4.78 is 10.8. The average molecular weight is 591 g/mol. The van der Waals surface area contributed by atoms with Gasteiger partial charge < -0.3 is 20.2 Å². The fourth-order valence-corrected chi connectivity index (χ4v) is 5.04. The fourth-order valence-electron chi connectivity index (χ4n) is 5.04. The second-order valence-corrected chi connectivity index (χ2v) is 10.6. The van der Waals surface area contributed by atoms with E-state index in [1.165, 1.54) is 0 Å². The second kappa shape index (κ2) is 18.6. The van der Waals surface area contributed by atoms with Crippen LogP contribution in [0.15, 0.2) is 58.6 Å². The van der Waals surface area contributed by atoms with E-state index in [1.54, 1.807) is 4.90 Å². The average Bonchev–Trinajstić information content (AvgIpc) is 3.01. The minimum atomic E-state index is -0.215. The molecule has 1 amide bonds. The number of unbranched alkanes of at least 4 members (excludes halogenated alkanes) is 3. The summed E-state index contributed by atoms with van der Waals surface area (Å²) in [6.07, 6.45) is 6.81. The van der Waals surface area contributed by atoms with E-state index in [0.717, 1.165) is 43.2 Å². The van der Waals surface area contributed by atoms with Crippen molar-refractivity contribution in [3.8, 4) is 0 Å². The number of benzene rings is 2. The molecule has 1 aliphatic rings. The van der Waals surface area contributed by atoms with Crippen molar-refractivity contribution in [1.82, 2.24) is 0 Å². The number of hydrogen-bond acceptors (Lipinski definition) is 8. The quantitative estimate of drug-likeness (QED) is 0.108. The Morgan fingerprint density at radius 3 is 2.33 bits per heavy atom. The summed E-state index contributed by atoms with van der Waals surface area (Å²) in [5, 5.41) is 4.15. The van der Waals surface area contributed by atoms with Crippen LogP contribution in [-0.2, 0) is 30.4 Å². The van der Waals surface area contributed by atoms with Crippen molar-refractivity contribution in [3.63, 3.8) is 0 Å². The normalized spacial score (nSPS) is 14.6. The van der Waals surface area contributed by atoms with Gasteiger partial charge in [-0.2, -0.15) is 5.10 Å². The highest BCUT2D eigenvalue weighted by molar-refractivity contribution is 6.54. The number of aliphatic imine (C=N–C) groups is 1. The molecule has 0 saturated heterocycles. The van der Waals surface area contributed by atoms with Gasteiger partial charge >= 0.3 is 5.97 Å². The van der Waals surface area contributed by atoms with Crippen molar-refractivity contribution < 1.29 is 23.9 Å². The van der Waals surface area contributed by atoms with Crippen molar-refractivity contribution in [2.24, 2.45) is 15.9 Å². The van der Waals surface area contributed by atoms with E-state index in [4.69, 9.17) is 20.3 Å². The van der Waals surface area contributed by atoms with Gasteiger partial charge in [-0.05, 0) is 30.9 Å². The van der Waals surface area contributed by atoms with Crippen molar-refractivity contribution >= 4 is 34.8 Å². The van der Waals surface area contributed by atoms with Gasteiger partial charge in [0, 0.05) is 43.4 Å². The molecule has 0 radical (unpaired) electrons. The van der Waals surface area contributed by atoms with Gasteiger partial charge in [0.25, 0.3) is 0 Å². The maximum atomic E-state index is 13.6. The van der Waals surface area contributed by atoms with Crippen molar-refractivity contribution in [2.45, 2.75) is 84.6 Å². The number of hydrazone groups is 1. The Balaban J connectivity index is 1.76. The van der Waals surface area contributed by atoms with Crippen LogP contribution in [0.5, 0.6) is 0 Å². The van der Waals surface area contributed by atoms with E-state index in [-0.39, 0.29) is 37.2 Å². The molecular formula is C34H46N4O5. The lowest BCUT2D eigenvalue weighted by Crippen LogP contribution is -2.36. The molecule has 3 rings (SSSR count). The molecule has 2 aromatic rings. The van der Waals surface area contributed by atoms with Crippen LogP contribution in [0.25, 0.3) is 0 Å². The molecule has 2 N–H and O–H groups in total. The molecule has 0 saturated carbocycles. The Bertz CT molecular complexity index is 1270. The molecule has 0 bridgehead atoms. The molecule has 232 valence electrons. The fraction of sp³-hybridized carbons (Fsp3) is 0.500. The highest BCUT2D eigenvalue weighted by Gasteiger charge is 2.28. The van der Waals surface area contributed by atoms with Crippen molar-refractivity contribution in [2.75, 3.05) is 31.3 Å². The molecule has 9 heteroatoms. The van der Waals surface area contributed by atoms with Crippen LogP contribution in [-0.4, -0.2) is 55.4 Å². The summed E-state index contributed by atoms with van der Waals surface area (Å²) in [6.45, 7) is 5.97. The number of fused-ring (bicyclic) bond motifs is 2. The predicted octanol–water partition coefficient (Wildman–Crippen LogP) is 5.76. The van der Waals surface area contributed by atoms with Gasteiger partial charge in [0.2, 0.25) is 5.91 Å². The molecule has 0 aliphatic carbocycles. The number of para-hydroxylation sites is 1. The van der Waals surface area contributed by atoms with E-state index in [9.17, 15) is 14.4 Å². The molecule has 1 heterocycles. The van der Waals surface area contributed by atoms with Crippen LogP contribution in [0.3, 0.4) is 0 Å². The monoisotopic (exact) mass is 590 g/mol. The maximum absolute atomic E-state index is 13.6. The first-order valence-electron chi connectivity index (χ1n) is 15.6. The van der Waals surface area contributed by atoms with Crippen molar-refractivity contribution in [1.29, 1.82) is 0 Å². The van der Waals surface area contributed by atoms with Crippen LogP contribution < -0.4 is 10.7 Å². The van der Waals surface area contributed by atoms with Gasteiger partial charge in [0.15, 0.2) is 0 Å². The van der Waals surface area contributed by atoms with Crippen LogP contribution in [0, 0.1) is 0 Å². The number of rotatable bonds is 17. The lowest BCUT2D eigenvalue weighted by atomic mass is 9.91. The van der Waals surface area contributed by atoms with Crippen LogP contribution >= 0.6 is 0 Å². The Morgan fingerprint density at radius 1 is 0.791 bits per heavy atom. The van der Waals surface area contributed by atoms with Crippen LogP contribution in [0.4, 0.5) is 5.69 Å². The van der Waals surface area contributed by atoms with E-state index >= 15 is 0 Å². The summed E-state index contributed by atoms with van der Waals surface area (Å²) in [4.78, 5) is 44.6. The van der Waals surface area contributed by atoms with Crippen molar-refractivity contribution in [3.05, 3.63) is 65.2 Å². The predicted molar refractivity (Wildman–Crippen MR) is 171 cm³/mol. The van der Waals surface area contributed by atoms with Gasteiger partial charge in [-0.1, -0.05) is 75.6 Å². The number of anilines is 1. The maximum Gasteiger partial charge on any atom is 0.305 e. The summed E-state index contributed by atoms with van der Waals surface area (Å²) >= 11 is 0. The van der Waals surface area contributed by atoms with E-state index in [1.807, 2.05) is 55.5 Å². The van der Waals surface area contributed by atoms with E-state index in [0.29, 0.717) is 68.1 Å². The number of ketones is 1. The van der Waals surface area contributed by atoms with Crippen LogP contribution in [0.2, 0.25) is 0 Å². The summed E-state index contributed by atoms with van der Waals surface area (Å²) in [5.41, 5.74) is 4.11. The number of carbonyl (C=O) groups excluding carboxylic acids is 3. The molecule has 0 fully saturated rings. The largest absolute Gasteiger partial charge is 0.464 e. The zero-order valence-corrected chi connectivity index (χ0v) is 25.7. The molecule has 43 heavy (non-hydrogen) atoms. The van der Waals surface area contributed by atoms with Gasteiger partial charge in [-0.25, -0.2) is 0 Å². The third-order valence-electron chi connectivity index (χ3n) is 7.28. The number of esters is 1. The number of ether oxygens (including phenoxy) is 2. The molecular weight excluding hydrogens is 544 g/mol. The molecule has 2 aromatic carbocycles. The Labute approximate surface area is 255 Å². The van der Waals surface area contributed by atoms with Crippen LogP contribution in [0.1, 0.15) is 94.7 Å². The lowest BCUT2D eigenvalue weighted by Gasteiger charge is -2.30. The minimum Gasteiger partial charge on any atom is -0.464 e. The zero-order valence-electron chi connectivity index (χ0n) is 25.7. The first-order chi connectivity index (χ1) is 21.0. The minimum absolute atomic E-state index is 0.0834. The van der Waals surface area contributed by atoms with Gasteiger partial charge in [-0.3, -0.25) is 19.4 Å². The van der Waals surface area contributed by atoms with E-state index in [2.05, 4.69) is 12.0 Å². The Morgan fingerprint density at radius 2 is 1.56 bits per heavy atom. The number of hydrogen-bond donors (Lipinski definition) is 1. The highest BCUT2D eigenvalue weighted by Crippen LogP contribution is 2.30. The third-order valence-corrected chi connectivity index (χ3v) is 7.28. The Hall–Kier alpha value is -3.85. The highest BCUT2D eigenvalue weighted by atomic mass is 16.5. The first-order valence-corrected chi connectivity index (χ1v) is 15.6. The number of amides is 1. The van der Waals surface area contributed by atoms with Gasteiger partial charge in [-0.15, -0.1) is 0 Å². The topological polar surface area (TPSA) is 124 Å². The number of nitrogens with two attached hydrogens (primary N) is 1.